The van der Waals surface area contributed by atoms with Crippen molar-refractivity contribution in [2.45, 2.75) is 372 Å². The first kappa shape index (κ1) is 70.5. The highest BCUT2D eigenvalue weighted by molar-refractivity contribution is 5.80. The van der Waals surface area contributed by atoms with Gasteiger partial charge in [0.05, 0.1) is 18.8 Å². The summed E-state index contributed by atoms with van der Waals surface area (Å²) in [5.41, 5.74) is 0. The molecule has 4 atom stereocenters. The van der Waals surface area contributed by atoms with Gasteiger partial charge >= 0.3 is 0 Å². The smallest absolute Gasteiger partial charge is 0.249 e. The number of allylic oxidation sites excluding steroid dienone is 6. The van der Waals surface area contributed by atoms with E-state index in [9.17, 15) is 25.2 Å². The van der Waals surface area contributed by atoms with E-state index in [2.05, 4.69) is 55.6 Å². The largest absolute Gasteiger partial charge is 0.394 e. The van der Waals surface area contributed by atoms with Gasteiger partial charge < -0.3 is 25.7 Å². The average molecular weight is 1010 g/mol. The number of unbranched alkanes of at least 4 members (excludes halogenated alkanes) is 45. The van der Waals surface area contributed by atoms with Crippen LogP contribution in [-0.4, -0.2) is 57.3 Å². The van der Waals surface area contributed by atoms with E-state index >= 15 is 0 Å². The molecular formula is C66H127NO5. The second-order valence-electron chi connectivity index (χ2n) is 22.4. The number of carbonyl (C=O) groups is 1. The molecule has 0 aliphatic carbocycles. The lowest BCUT2D eigenvalue weighted by Crippen LogP contribution is -2.53. The molecule has 0 rings (SSSR count). The molecule has 0 spiro atoms. The molecule has 0 bridgehead atoms. The number of nitrogens with one attached hydrogen (secondary N) is 1. The third kappa shape index (κ3) is 53.4. The molecule has 0 fully saturated rings. The highest BCUT2D eigenvalue weighted by Crippen LogP contribution is 2.18. The molecule has 1 amide bonds. The quantitative estimate of drug-likeness (QED) is 0.0308. The van der Waals surface area contributed by atoms with Crippen molar-refractivity contribution in [3.8, 4) is 0 Å². The Hall–Kier alpha value is -1.47. The zero-order valence-electron chi connectivity index (χ0n) is 48.4. The molecule has 4 unspecified atom stereocenters. The van der Waals surface area contributed by atoms with Crippen LogP contribution in [0.15, 0.2) is 36.5 Å². The zero-order chi connectivity index (χ0) is 52.3. The summed E-state index contributed by atoms with van der Waals surface area (Å²) in [6.45, 7) is 4.08. The highest BCUT2D eigenvalue weighted by atomic mass is 16.3. The van der Waals surface area contributed by atoms with Gasteiger partial charge in [0.15, 0.2) is 0 Å². The summed E-state index contributed by atoms with van der Waals surface area (Å²) in [5.74, 6) is -0.592. The molecule has 0 aliphatic rings. The van der Waals surface area contributed by atoms with Gasteiger partial charge in [0.2, 0.25) is 5.91 Å². The van der Waals surface area contributed by atoms with E-state index in [0.717, 1.165) is 38.5 Å². The van der Waals surface area contributed by atoms with Crippen LogP contribution in [-0.2, 0) is 4.79 Å². The highest BCUT2D eigenvalue weighted by Gasteiger charge is 2.28. The van der Waals surface area contributed by atoms with E-state index in [0.29, 0.717) is 19.3 Å². The molecule has 6 heteroatoms. The van der Waals surface area contributed by atoms with Crippen molar-refractivity contribution >= 4 is 5.91 Å². The van der Waals surface area contributed by atoms with E-state index in [4.69, 9.17) is 0 Å². The van der Waals surface area contributed by atoms with Crippen LogP contribution in [0.25, 0.3) is 0 Å². The second kappa shape index (κ2) is 60.4. The molecule has 0 aromatic heterocycles. The molecule has 72 heavy (non-hydrogen) atoms. The first-order valence-corrected chi connectivity index (χ1v) is 32.4. The summed E-state index contributed by atoms with van der Waals surface area (Å²) in [6.07, 6.45) is 76.8. The van der Waals surface area contributed by atoms with E-state index < -0.39 is 36.9 Å². The molecule has 6 nitrogen and oxygen atoms in total. The number of rotatable bonds is 60. The molecule has 0 saturated heterocycles. The Bertz CT molecular complexity index is 1140. The Morgan fingerprint density at radius 2 is 0.583 bits per heavy atom. The minimum absolute atomic E-state index is 0.362. The first-order chi connectivity index (χ1) is 35.5. The third-order valence-electron chi connectivity index (χ3n) is 15.3. The summed E-state index contributed by atoms with van der Waals surface area (Å²) in [4.78, 5) is 12.6. The van der Waals surface area contributed by atoms with Gasteiger partial charge in [-0.3, -0.25) is 4.79 Å². The minimum atomic E-state index is -1.29. The van der Waals surface area contributed by atoms with Crippen molar-refractivity contribution in [3.63, 3.8) is 0 Å². The summed E-state index contributed by atoms with van der Waals surface area (Å²) in [7, 11) is 0. The molecule has 0 aromatic carbocycles. The van der Waals surface area contributed by atoms with Gasteiger partial charge in [-0.2, -0.15) is 0 Å². The molecule has 0 saturated carbocycles. The maximum atomic E-state index is 12.6. The predicted molar refractivity (Wildman–Crippen MR) is 316 cm³/mol. The zero-order valence-corrected chi connectivity index (χ0v) is 48.4. The van der Waals surface area contributed by atoms with Crippen molar-refractivity contribution in [2.24, 2.45) is 0 Å². The second-order valence-corrected chi connectivity index (χ2v) is 22.4. The van der Waals surface area contributed by atoms with Crippen LogP contribution in [0.1, 0.15) is 348 Å². The number of hydrogen-bond acceptors (Lipinski definition) is 5. The van der Waals surface area contributed by atoms with E-state index in [-0.39, 0.29) is 0 Å². The lowest BCUT2D eigenvalue weighted by molar-refractivity contribution is -0.132. The van der Waals surface area contributed by atoms with Gasteiger partial charge in [-0.15, -0.1) is 0 Å². The summed E-state index contributed by atoms with van der Waals surface area (Å²) in [6, 6.07) is -1.01. The molecule has 0 radical (unpaired) electrons. The summed E-state index contributed by atoms with van der Waals surface area (Å²) >= 11 is 0. The Morgan fingerprint density at radius 1 is 0.333 bits per heavy atom. The topological polar surface area (TPSA) is 110 Å². The van der Waals surface area contributed by atoms with Crippen molar-refractivity contribution in [3.05, 3.63) is 36.5 Å². The van der Waals surface area contributed by atoms with Crippen LogP contribution in [0.2, 0.25) is 0 Å². The van der Waals surface area contributed by atoms with Crippen LogP contribution in [0, 0.1) is 0 Å². The van der Waals surface area contributed by atoms with E-state index in [1.807, 2.05) is 0 Å². The van der Waals surface area contributed by atoms with Crippen LogP contribution in [0.4, 0.5) is 0 Å². The number of amides is 1. The van der Waals surface area contributed by atoms with E-state index in [1.165, 1.54) is 276 Å². The number of hydrogen-bond donors (Lipinski definition) is 5. The van der Waals surface area contributed by atoms with E-state index in [1.54, 1.807) is 0 Å². The molecule has 426 valence electrons. The third-order valence-corrected chi connectivity index (χ3v) is 15.3. The minimum Gasteiger partial charge on any atom is -0.394 e. The van der Waals surface area contributed by atoms with Gasteiger partial charge in [0, 0.05) is 0 Å². The maximum Gasteiger partial charge on any atom is 0.249 e. The molecule has 0 aliphatic heterocycles. The molecule has 0 aromatic rings. The van der Waals surface area contributed by atoms with Gasteiger partial charge in [0.1, 0.15) is 12.2 Å². The van der Waals surface area contributed by atoms with Gasteiger partial charge in [-0.25, -0.2) is 0 Å². The summed E-state index contributed by atoms with van der Waals surface area (Å²) in [5, 5.41) is 44.1. The van der Waals surface area contributed by atoms with Crippen LogP contribution >= 0.6 is 0 Å². The van der Waals surface area contributed by atoms with Gasteiger partial charge in [-0.05, 0) is 77.0 Å². The SMILES string of the molecule is CCCCCCCCCCCCCCC/C=C/CC/C=C/CCCC(O)C(O)C(CO)NC(=O)C(O)CCCCCCCCCCCCCCCCCC/C=C\CCCCCCCCCCCCCCCC. The average Bonchev–Trinajstić information content (AvgIpc) is 3.39. The van der Waals surface area contributed by atoms with Gasteiger partial charge in [0.25, 0.3) is 0 Å². The lowest BCUT2D eigenvalue weighted by Gasteiger charge is -2.27. The van der Waals surface area contributed by atoms with Crippen molar-refractivity contribution in [1.29, 1.82) is 0 Å². The predicted octanol–water partition coefficient (Wildman–Crippen LogP) is 19.5. The van der Waals surface area contributed by atoms with Gasteiger partial charge in [-0.1, -0.05) is 307 Å². The number of aliphatic hydroxyl groups is 4. The fourth-order valence-electron chi connectivity index (χ4n) is 10.2. The molecule has 0 heterocycles. The lowest BCUT2D eigenvalue weighted by atomic mass is 10.00. The summed E-state index contributed by atoms with van der Waals surface area (Å²) < 4.78 is 0. The number of carbonyl (C=O) groups excluding carboxylic acids is 1. The van der Waals surface area contributed by atoms with Crippen LogP contribution in [0.3, 0.4) is 0 Å². The van der Waals surface area contributed by atoms with Crippen molar-refractivity contribution in [2.75, 3.05) is 6.61 Å². The Kier molecular flexibility index (Phi) is 59.2. The molecule has 5 N–H and O–H groups in total. The maximum absolute atomic E-state index is 12.6. The van der Waals surface area contributed by atoms with Crippen molar-refractivity contribution < 1.29 is 25.2 Å². The fraction of sp³-hybridized carbons (Fsp3) is 0.894. The van der Waals surface area contributed by atoms with Crippen molar-refractivity contribution in [1.82, 2.24) is 5.32 Å². The Labute approximate surface area is 449 Å². The Morgan fingerprint density at radius 3 is 0.875 bits per heavy atom. The first-order valence-electron chi connectivity index (χ1n) is 32.4. The fourth-order valence-corrected chi connectivity index (χ4v) is 10.2. The number of aliphatic hydroxyl groups excluding tert-OH is 4. The van der Waals surface area contributed by atoms with Crippen LogP contribution < -0.4 is 5.32 Å². The molecular weight excluding hydrogens is 887 g/mol. The standard InChI is InChI=1S/C66H127NO5/c1-3-5-7-9-11-13-15-17-19-21-23-25-27-28-29-30-31-32-33-34-35-36-37-38-40-42-44-46-48-50-52-54-56-58-60-64(70)66(72)67-62(61-68)65(71)63(69)59-57-55-53-51-49-47-45-43-41-39-26-24-22-20-18-16-14-12-10-8-6-4-2/h30-31,43,45,51,53,62-65,68-71H,3-29,32-42,44,46-50,52,54-61H2,1-2H3,(H,67,72)/b31-30-,45-43+,53-51+. The monoisotopic (exact) mass is 1010 g/mol. The normalized spacial score (nSPS) is 13.8. The Balaban J connectivity index is 3.59. The van der Waals surface area contributed by atoms with Crippen LogP contribution in [0.5, 0.6) is 0 Å².